The van der Waals surface area contributed by atoms with Gasteiger partial charge in [-0.05, 0) is 24.5 Å². The average molecular weight is 380 g/mol. The highest BCUT2D eigenvalue weighted by molar-refractivity contribution is 8.14. The van der Waals surface area contributed by atoms with Crippen LogP contribution in [0.3, 0.4) is 0 Å². The van der Waals surface area contributed by atoms with Gasteiger partial charge < -0.3 is 5.32 Å². The van der Waals surface area contributed by atoms with Crippen molar-refractivity contribution in [1.29, 1.82) is 0 Å². The molecule has 0 bridgehead atoms. The molecule has 0 unspecified atom stereocenters. The fraction of sp³-hybridized carbons (Fsp3) is 0.412. The first-order valence-electron chi connectivity index (χ1n) is 8.26. The maximum absolute atomic E-state index is 12.4. The Morgan fingerprint density at radius 2 is 1.96 bits per heavy atom. The fourth-order valence-corrected chi connectivity index (χ4v) is 4.76. The summed E-state index contributed by atoms with van der Waals surface area (Å²) in [5.41, 5.74) is 0.843. The molecule has 25 heavy (non-hydrogen) atoms. The normalized spacial score (nSPS) is 19.9. The maximum Gasteiger partial charge on any atom is 0.236 e. The number of thioether (sulfide) groups is 1. The summed E-state index contributed by atoms with van der Waals surface area (Å²) >= 11 is 1.55. The predicted molar refractivity (Wildman–Crippen MR) is 102 cm³/mol. The fourth-order valence-electron chi connectivity index (χ4n) is 2.81. The van der Waals surface area contributed by atoms with E-state index in [0.717, 1.165) is 17.9 Å². The van der Waals surface area contributed by atoms with Crippen LogP contribution in [0.15, 0.2) is 40.7 Å². The maximum atomic E-state index is 12.4. The van der Waals surface area contributed by atoms with Gasteiger partial charge in [0.05, 0.1) is 6.54 Å². The Labute approximate surface area is 152 Å². The molecule has 0 aromatic heterocycles. The summed E-state index contributed by atoms with van der Waals surface area (Å²) in [5.74, 6) is 0.693. The monoisotopic (exact) mass is 379 g/mol. The SMILES string of the molecule is O=C(NC1=NCCS1)C1CCN(S(=O)(=O)/C=C/c2ccccc2)CC1. The number of sulfonamides is 1. The Morgan fingerprint density at radius 1 is 1.24 bits per heavy atom. The molecule has 0 spiro atoms. The van der Waals surface area contributed by atoms with Gasteiger partial charge in [0.2, 0.25) is 15.9 Å². The average Bonchev–Trinajstić information content (AvgIpc) is 3.14. The van der Waals surface area contributed by atoms with Gasteiger partial charge in [0.15, 0.2) is 5.17 Å². The van der Waals surface area contributed by atoms with Crippen molar-refractivity contribution >= 4 is 38.9 Å². The van der Waals surface area contributed by atoms with E-state index in [0.29, 0.717) is 31.1 Å². The van der Waals surface area contributed by atoms with Gasteiger partial charge in [0.25, 0.3) is 0 Å². The molecular formula is C17H21N3O3S2. The van der Waals surface area contributed by atoms with Crippen molar-refractivity contribution in [2.45, 2.75) is 12.8 Å². The number of hydrogen-bond acceptors (Lipinski definition) is 5. The Bertz CT molecular complexity index is 768. The second-order valence-corrected chi connectivity index (χ2v) is 8.86. The molecule has 1 N–H and O–H groups in total. The summed E-state index contributed by atoms with van der Waals surface area (Å²) in [4.78, 5) is 16.4. The quantitative estimate of drug-likeness (QED) is 0.867. The molecule has 8 heteroatoms. The third-order valence-corrected chi connectivity index (χ3v) is 6.69. The van der Waals surface area contributed by atoms with Gasteiger partial charge in [-0.1, -0.05) is 42.1 Å². The van der Waals surface area contributed by atoms with Gasteiger partial charge >= 0.3 is 0 Å². The van der Waals surface area contributed by atoms with Gasteiger partial charge in [0.1, 0.15) is 0 Å². The Morgan fingerprint density at radius 3 is 2.60 bits per heavy atom. The topological polar surface area (TPSA) is 78.8 Å². The molecule has 0 atom stereocenters. The van der Waals surface area contributed by atoms with Gasteiger partial charge in [-0.25, -0.2) is 8.42 Å². The van der Waals surface area contributed by atoms with E-state index in [1.165, 1.54) is 9.71 Å². The van der Waals surface area contributed by atoms with E-state index < -0.39 is 10.0 Å². The Hall–Kier alpha value is -1.64. The lowest BCUT2D eigenvalue weighted by molar-refractivity contribution is -0.124. The molecule has 1 aromatic carbocycles. The number of nitrogens with one attached hydrogen (secondary N) is 1. The van der Waals surface area contributed by atoms with Crippen LogP contribution < -0.4 is 5.32 Å². The van der Waals surface area contributed by atoms with Crippen LogP contribution in [-0.4, -0.2) is 49.2 Å². The first-order valence-corrected chi connectivity index (χ1v) is 10.7. The van der Waals surface area contributed by atoms with Crippen LogP contribution in [0.4, 0.5) is 0 Å². The molecule has 134 valence electrons. The van der Waals surface area contributed by atoms with Crippen LogP contribution in [0.25, 0.3) is 6.08 Å². The lowest BCUT2D eigenvalue weighted by Gasteiger charge is -2.29. The third-order valence-electron chi connectivity index (χ3n) is 4.23. The molecule has 2 heterocycles. The van der Waals surface area contributed by atoms with E-state index in [1.807, 2.05) is 30.3 Å². The van der Waals surface area contributed by atoms with Crippen LogP contribution >= 0.6 is 11.8 Å². The van der Waals surface area contributed by atoms with Crippen molar-refractivity contribution in [3.05, 3.63) is 41.3 Å². The van der Waals surface area contributed by atoms with Crippen molar-refractivity contribution in [2.75, 3.05) is 25.4 Å². The molecule has 1 saturated heterocycles. The minimum Gasteiger partial charge on any atom is -0.305 e. The van der Waals surface area contributed by atoms with Gasteiger partial charge in [-0.3, -0.25) is 9.79 Å². The molecule has 6 nitrogen and oxygen atoms in total. The molecule has 1 fully saturated rings. The van der Waals surface area contributed by atoms with E-state index in [1.54, 1.807) is 17.8 Å². The van der Waals surface area contributed by atoms with Crippen molar-refractivity contribution in [1.82, 2.24) is 9.62 Å². The zero-order chi connectivity index (χ0) is 17.7. The molecule has 3 rings (SSSR count). The van der Waals surface area contributed by atoms with Gasteiger partial charge in [0, 0.05) is 30.2 Å². The lowest BCUT2D eigenvalue weighted by atomic mass is 9.97. The van der Waals surface area contributed by atoms with E-state index in [2.05, 4.69) is 10.3 Å². The molecule has 0 aliphatic carbocycles. The van der Waals surface area contributed by atoms with Crippen LogP contribution in [0, 0.1) is 5.92 Å². The van der Waals surface area contributed by atoms with Crippen LogP contribution in [0.2, 0.25) is 0 Å². The molecule has 2 aliphatic heterocycles. The Kier molecular flexibility index (Phi) is 5.93. The van der Waals surface area contributed by atoms with E-state index in [9.17, 15) is 13.2 Å². The van der Waals surface area contributed by atoms with Gasteiger partial charge in [-0.2, -0.15) is 4.31 Å². The molecule has 0 saturated carbocycles. The highest BCUT2D eigenvalue weighted by Crippen LogP contribution is 2.21. The standard InChI is InChI=1S/C17H21N3O3S2/c21-16(19-17-18-9-12-24-17)15-6-10-20(11-7-15)25(22,23)13-8-14-4-2-1-3-5-14/h1-5,8,13,15H,6-7,9-12H2,(H,18,19,21)/b13-8+. The number of rotatable bonds is 4. The lowest BCUT2D eigenvalue weighted by Crippen LogP contribution is -2.43. The largest absolute Gasteiger partial charge is 0.305 e. The number of amides is 1. The second-order valence-electron chi connectivity index (χ2n) is 5.96. The van der Waals surface area contributed by atoms with Crippen LogP contribution in [-0.2, 0) is 14.8 Å². The van der Waals surface area contributed by atoms with Crippen molar-refractivity contribution in [3.8, 4) is 0 Å². The number of benzene rings is 1. The van der Waals surface area contributed by atoms with Crippen LogP contribution in [0.5, 0.6) is 0 Å². The van der Waals surface area contributed by atoms with Crippen molar-refractivity contribution in [3.63, 3.8) is 0 Å². The number of piperidine rings is 1. The minimum absolute atomic E-state index is 0.0509. The summed E-state index contributed by atoms with van der Waals surface area (Å²) in [6.07, 6.45) is 2.66. The number of amidine groups is 1. The first kappa shape index (κ1) is 18.2. The van der Waals surface area contributed by atoms with Crippen molar-refractivity contribution in [2.24, 2.45) is 10.9 Å². The number of hydrogen-bond donors (Lipinski definition) is 1. The zero-order valence-electron chi connectivity index (χ0n) is 13.8. The highest BCUT2D eigenvalue weighted by Gasteiger charge is 2.30. The minimum atomic E-state index is -3.46. The van der Waals surface area contributed by atoms with E-state index in [4.69, 9.17) is 0 Å². The summed E-state index contributed by atoms with van der Waals surface area (Å²) in [5, 5.41) is 4.77. The summed E-state index contributed by atoms with van der Waals surface area (Å²) in [6, 6.07) is 9.32. The summed E-state index contributed by atoms with van der Waals surface area (Å²) in [7, 11) is -3.46. The number of aliphatic imine (C=N–C) groups is 1. The smallest absolute Gasteiger partial charge is 0.236 e. The summed E-state index contributed by atoms with van der Waals surface area (Å²) in [6.45, 7) is 1.46. The van der Waals surface area contributed by atoms with Gasteiger partial charge in [-0.15, -0.1) is 0 Å². The molecule has 2 aliphatic rings. The number of carbonyl (C=O) groups excluding carboxylic acids is 1. The summed E-state index contributed by atoms with van der Waals surface area (Å²) < 4.78 is 26.3. The first-order chi connectivity index (χ1) is 12.0. The molecule has 1 aromatic rings. The zero-order valence-corrected chi connectivity index (χ0v) is 15.4. The molecule has 1 amide bonds. The van der Waals surface area contributed by atoms with E-state index >= 15 is 0 Å². The molecule has 0 radical (unpaired) electrons. The Balaban J connectivity index is 1.54. The third kappa shape index (κ3) is 4.93. The van der Waals surface area contributed by atoms with Crippen molar-refractivity contribution < 1.29 is 13.2 Å². The van der Waals surface area contributed by atoms with E-state index in [-0.39, 0.29) is 11.8 Å². The predicted octanol–water partition coefficient (Wildman–Crippen LogP) is 1.92. The number of carbonyl (C=O) groups is 1. The van der Waals surface area contributed by atoms with Crippen LogP contribution in [0.1, 0.15) is 18.4 Å². The molecular weight excluding hydrogens is 358 g/mol. The number of nitrogens with zero attached hydrogens (tertiary/aromatic N) is 2. The second kappa shape index (κ2) is 8.16. The highest BCUT2D eigenvalue weighted by atomic mass is 32.2.